The highest BCUT2D eigenvalue weighted by molar-refractivity contribution is 7.92. The van der Waals surface area contributed by atoms with Gasteiger partial charge < -0.3 is 10.6 Å². The summed E-state index contributed by atoms with van der Waals surface area (Å²) in [7, 11) is -3.19. The predicted molar refractivity (Wildman–Crippen MR) is 76.8 cm³/mol. The molecule has 6 heteroatoms. The van der Waals surface area contributed by atoms with Gasteiger partial charge in [0, 0.05) is 19.3 Å². The number of piperidine rings is 1. The van der Waals surface area contributed by atoms with Crippen LogP contribution in [0.4, 0.5) is 0 Å². The zero-order valence-corrected chi connectivity index (χ0v) is 13.2. The summed E-state index contributed by atoms with van der Waals surface area (Å²) in [5, 5.41) is 6.09. The first kappa shape index (κ1) is 16.4. The van der Waals surface area contributed by atoms with Crippen LogP contribution in [0.25, 0.3) is 0 Å². The van der Waals surface area contributed by atoms with Crippen molar-refractivity contribution >= 4 is 15.7 Å². The molecule has 0 saturated carbocycles. The van der Waals surface area contributed by atoms with Gasteiger partial charge in [-0.15, -0.1) is 0 Å². The summed E-state index contributed by atoms with van der Waals surface area (Å²) < 4.78 is 22.3. The maximum atomic E-state index is 12.4. The lowest BCUT2D eigenvalue weighted by atomic mass is 9.77. The van der Waals surface area contributed by atoms with E-state index in [1.807, 2.05) is 6.92 Å². The van der Waals surface area contributed by atoms with Gasteiger partial charge in [0.25, 0.3) is 0 Å². The van der Waals surface area contributed by atoms with E-state index < -0.39 is 14.6 Å². The van der Waals surface area contributed by atoms with E-state index in [4.69, 9.17) is 0 Å². The minimum Gasteiger partial charge on any atom is -0.354 e. The van der Waals surface area contributed by atoms with Gasteiger partial charge in [0.05, 0.1) is 10.2 Å². The second-order valence-electron chi connectivity index (χ2n) is 6.13. The fraction of sp³-hybridized carbons (Fsp3) is 0.923. The van der Waals surface area contributed by atoms with Gasteiger partial charge in [-0.2, -0.15) is 0 Å². The van der Waals surface area contributed by atoms with Crippen LogP contribution in [-0.2, 0) is 14.6 Å². The minimum atomic E-state index is -3.19. The zero-order valence-electron chi connectivity index (χ0n) is 12.4. The molecule has 19 heavy (non-hydrogen) atoms. The largest absolute Gasteiger partial charge is 0.354 e. The third-order valence-electron chi connectivity index (χ3n) is 4.31. The highest BCUT2D eigenvalue weighted by Crippen LogP contribution is 2.30. The van der Waals surface area contributed by atoms with Crippen molar-refractivity contribution in [2.45, 2.75) is 44.8 Å². The summed E-state index contributed by atoms with van der Waals surface area (Å²) >= 11 is 0. The molecule has 0 aromatic heterocycles. The van der Waals surface area contributed by atoms with Crippen molar-refractivity contribution in [2.24, 2.45) is 5.41 Å². The molecule has 1 atom stereocenters. The smallest absolute Gasteiger partial charge is 0.227 e. The molecule has 1 saturated heterocycles. The van der Waals surface area contributed by atoms with Gasteiger partial charge in [-0.1, -0.05) is 6.92 Å². The standard InChI is InChI=1S/C13H26N2O3S/c1-5-13(7-6-8-14-10-13)11(16)15-9-12(2,3)19(4,17)18/h14H,5-10H2,1-4H3,(H,15,16). The number of amides is 1. The van der Waals surface area contributed by atoms with E-state index in [1.165, 1.54) is 6.26 Å². The van der Waals surface area contributed by atoms with Crippen LogP contribution < -0.4 is 10.6 Å². The Morgan fingerprint density at radius 3 is 2.47 bits per heavy atom. The number of carbonyl (C=O) groups is 1. The fourth-order valence-corrected chi connectivity index (χ4v) is 2.57. The van der Waals surface area contributed by atoms with Crippen LogP contribution in [0.3, 0.4) is 0 Å². The number of carbonyl (C=O) groups excluding carboxylic acids is 1. The second kappa shape index (κ2) is 5.79. The van der Waals surface area contributed by atoms with Crippen molar-refractivity contribution in [1.82, 2.24) is 10.6 Å². The van der Waals surface area contributed by atoms with Crippen LogP contribution >= 0.6 is 0 Å². The molecule has 0 spiro atoms. The van der Waals surface area contributed by atoms with Gasteiger partial charge in [-0.05, 0) is 39.7 Å². The van der Waals surface area contributed by atoms with Gasteiger partial charge in [0.15, 0.2) is 9.84 Å². The topological polar surface area (TPSA) is 75.3 Å². The normalized spacial score (nSPS) is 25.1. The minimum absolute atomic E-state index is 0.0288. The molecule has 0 aromatic rings. The van der Waals surface area contributed by atoms with Crippen molar-refractivity contribution in [1.29, 1.82) is 0 Å². The molecule has 1 amide bonds. The molecular formula is C13H26N2O3S. The number of hydrogen-bond acceptors (Lipinski definition) is 4. The molecular weight excluding hydrogens is 264 g/mol. The number of sulfone groups is 1. The Labute approximate surface area is 116 Å². The first-order chi connectivity index (χ1) is 8.65. The molecule has 1 heterocycles. The lowest BCUT2D eigenvalue weighted by Crippen LogP contribution is -2.53. The maximum absolute atomic E-state index is 12.4. The van der Waals surface area contributed by atoms with Crippen LogP contribution in [0, 0.1) is 5.41 Å². The fourth-order valence-electron chi connectivity index (χ4n) is 2.24. The van der Waals surface area contributed by atoms with Crippen LogP contribution in [0.15, 0.2) is 0 Å². The van der Waals surface area contributed by atoms with Crippen molar-refractivity contribution in [3.8, 4) is 0 Å². The summed E-state index contributed by atoms with van der Waals surface area (Å²) in [5.41, 5.74) is -0.383. The van der Waals surface area contributed by atoms with Gasteiger partial charge in [-0.25, -0.2) is 8.42 Å². The maximum Gasteiger partial charge on any atom is 0.227 e. The van der Waals surface area contributed by atoms with Crippen molar-refractivity contribution in [3.05, 3.63) is 0 Å². The molecule has 112 valence electrons. The third kappa shape index (κ3) is 3.69. The Kier molecular flexibility index (Phi) is 5.01. The van der Waals surface area contributed by atoms with Crippen molar-refractivity contribution in [2.75, 3.05) is 25.9 Å². The van der Waals surface area contributed by atoms with E-state index in [1.54, 1.807) is 13.8 Å². The molecule has 0 aromatic carbocycles. The van der Waals surface area contributed by atoms with Gasteiger partial charge >= 0.3 is 0 Å². The third-order valence-corrected chi connectivity index (χ3v) is 6.46. The van der Waals surface area contributed by atoms with E-state index in [9.17, 15) is 13.2 Å². The molecule has 1 rings (SSSR count). The van der Waals surface area contributed by atoms with Crippen LogP contribution in [0.1, 0.15) is 40.0 Å². The van der Waals surface area contributed by atoms with Crippen LogP contribution in [0.5, 0.6) is 0 Å². The summed E-state index contributed by atoms with van der Waals surface area (Å²) in [6.07, 6.45) is 3.82. The molecule has 0 radical (unpaired) electrons. The Hall–Kier alpha value is -0.620. The number of nitrogens with one attached hydrogen (secondary N) is 2. The summed E-state index contributed by atoms with van der Waals surface area (Å²) in [6.45, 7) is 7.07. The lowest BCUT2D eigenvalue weighted by molar-refractivity contribution is -0.132. The summed E-state index contributed by atoms with van der Waals surface area (Å²) in [4.78, 5) is 12.4. The first-order valence-electron chi connectivity index (χ1n) is 6.83. The van der Waals surface area contributed by atoms with Crippen molar-refractivity contribution in [3.63, 3.8) is 0 Å². The average molecular weight is 290 g/mol. The van der Waals surface area contributed by atoms with Gasteiger partial charge in [0.2, 0.25) is 5.91 Å². The van der Waals surface area contributed by atoms with E-state index in [0.29, 0.717) is 6.54 Å². The zero-order chi connectivity index (χ0) is 14.7. The Morgan fingerprint density at radius 1 is 1.42 bits per heavy atom. The highest BCUT2D eigenvalue weighted by Gasteiger charge is 2.39. The summed E-state index contributed by atoms with van der Waals surface area (Å²) in [5.74, 6) is -0.0288. The molecule has 2 N–H and O–H groups in total. The SMILES string of the molecule is CCC1(C(=O)NCC(C)(C)S(C)(=O)=O)CCCNC1. The molecule has 0 bridgehead atoms. The molecule has 1 fully saturated rings. The number of hydrogen-bond donors (Lipinski definition) is 2. The molecule has 1 aliphatic rings. The molecule has 5 nitrogen and oxygen atoms in total. The molecule has 1 unspecified atom stereocenters. The first-order valence-corrected chi connectivity index (χ1v) is 8.72. The average Bonchev–Trinajstić information content (AvgIpc) is 2.35. The quantitative estimate of drug-likeness (QED) is 0.782. The van der Waals surface area contributed by atoms with E-state index in [2.05, 4.69) is 10.6 Å². The van der Waals surface area contributed by atoms with Crippen LogP contribution in [0.2, 0.25) is 0 Å². The Bertz CT molecular complexity index is 423. The highest BCUT2D eigenvalue weighted by atomic mass is 32.2. The van der Waals surface area contributed by atoms with E-state index in [-0.39, 0.29) is 17.9 Å². The molecule has 0 aliphatic carbocycles. The predicted octanol–water partition coefficient (Wildman–Crippen LogP) is 0.706. The van der Waals surface area contributed by atoms with E-state index in [0.717, 1.165) is 25.8 Å². The Balaban J connectivity index is 2.69. The van der Waals surface area contributed by atoms with Crippen molar-refractivity contribution < 1.29 is 13.2 Å². The lowest BCUT2D eigenvalue weighted by Gasteiger charge is -2.36. The van der Waals surface area contributed by atoms with Gasteiger partial charge in [0.1, 0.15) is 0 Å². The van der Waals surface area contributed by atoms with E-state index >= 15 is 0 Å². The van der Waals surface area contributed by atoms with Crippen LogP contribution in [-0.4, -0.2) is 45.0 Å². The summed E-state index contributed by atoms with van der Waals surface area (Å²) in [6, 6.07) is 0. The molecule has 1 aliphatic heterocycles. The monoisotopic (exact) mass is 290 g/mol. The Morgan fingerprint density at radius 2 is 2.05 bits per heavy atom. The second-order valence-corrected chi connectivity index (χ2v) is 8.78. The van der Waals surface area contributed by atoms with Gasteiger partial charge in [-0.3, -0.25) is 4.79 Å². The number of rotatable bonds is 5.